The molecule has 8 rings (SSSR count). The lowest BCUT2D eigenvalue weighted by Crippen LogP contribution is -2.34. The molecule has 6 N–H and O–H groups in total. The minimum atomic E-state index is -1.09. The number of nitrogens with one attached hydrogen (secondary N) is 2. The van der Waals surface area contributed by atoms with Gasteiger partial charge in [-0.05, 0) is 73.2 Å². The molecule has 6 heterocycles. The Morgan fingerprint density at radius 1 is 0.615 bits per heavy atom. The molecule has 21 heteroatoms. The summed E-state index contributed by atoms with van der Waals surface area (Å²) in [6, 6.07) is 14.9. The summed E-state index contributed by atoms with van der Waals surface area (Å²) in [5.74, 6) is -1.46. The maximum Gasteiger partial charge on any atom is 0.322 e. The number of carbonyl (C=O) groups is 4. The number of nitrogens with two attached hydrogens (primary N) is 1. The van der Waals surface area contributed by atoms with Gasteiger partial charge in [0, 0.05) is 72.0 Å². The summed E-state index contributed by atoms with van der Waals surface area (Å²) >= 11 is 2.96. The highest BCUT2D eigenvalue weighted by Gasteiger charge is 2.22. The van der Waals surface area contributed by atoms with E-state index in [1.165, 1.54) is 27.4 Å². The second-order valence-electron chi connectivity index (χ2n) is 20.6. The molecule has 0 bridgehead atoms. The number of aliphatic carboxylic acids is 2. The third kappa shape index (κ3) is 16.6. The summed E-state index contributed by atoms with van der Waals surface area (Å²) in [5.41, 5.74) is 14.5. The molecule has 19 nitrogen and oxygen atoms in total. The number of benzene rings is 2. The number of hydrogen-bond acceptors (Lipinski definition) is 17. The van der Waals surface area contributed by atoms with Gasteiger partial charge < -0.3 is 26.6 Å². The molecule has 6 aromatic heterocycles. The molecule has 0 saturated heterocycles. The van der Waals surface area contributed by atoms with Crippen molar-refractivity contribution in [3.63, 3.8) is 0 Å². The van der Waals surface area contributed by atoms with E-state index in [0.717, 1.165) is 54.8 Å². The first-order valence-corrected chi connectivity index (χ1v) is 26.3. The number of hydrogen-bond donors (Lipinski definition) is 5. The monoisotopic (exact) mass is 1100 g/mol. The lowest BCUT2D eigenvalue weighted by atomic mass is 9.98. The van der Waals surface area contributed by atoms with Crippen LogP contribution in [0.5, 0.6) is 0 Å². The highest BCUT2D eigenvalue weighted by atomic mass is 32.1. The fourth-order valence-electron chi connectivity index (χ4n) is 7.63. The van der Waals surface area contributed by atoms with Gasteiger partial charge in [-0.25, -0.2) is 29.9 Å². The maximum atomic E-state index is 12.7. The van der Waals surface area contributed by atoms with Crippen molar-refractivity contribution in [2.75, 3.05) is 10.6 Å². The number of aromatic nitrogens is 10. The van der Waals surface area contributed by atoms with Crippen molar-refractivity contribution < 1.29 is 29.4 Å². The highest BCUT2D eigenvalue weighted by molar-refractivity contribution is 7.14. The van der Waals surface area contributed by atoms with Crippen LogP contribution in [0, 0.1) is 19.8 Å². The van der Waals surface area contributed by atoms with Crippen molar-refractivity contribution in [3.05, 3.63) is 140 Å². The van der Waals surface area contributed by atoms with Gasteiger partial charge in [0.25, 0.3) is 0 Å². The van der Waals surface area contributed by atoms with E-state index >= 15 is 0 Å². The van der Waals surface area contributed by atoms with Gasteiger partial charge in [0.05, 0.1) is 73.9 Å². The zero-order valence-electron chi connectivity index (χ0n) is 44.0. The normalized spacial score (nSPS) is 12.0. The number of carboxylic acids is 2. The number of thiazole rings is 2. The summed E-state index contributed by atoms with van der Waals surface area (Å²) in [4.78, 5) is 75.6. The van der Waals surface area contributed by atoms with E-state index in [2.05, 4.69) is 104 Å². The first kappa shape index (κ1) is 61.0. The second-order valence-corrected chi connectivity index (χ2v) is 22.6. The van der Waals surface area contributed by atoms with Gasteiger partial charge in [-0.15, -0.1) is 22.7 Å². The number of carboxylic acid groups (broad SMARTS) is 2. The molecule has 8 aromatic rings. The predicted octanol–water partition coefficient (Wildman–Crippen LogP) is 11.3. The Hall–Kier alpha value is -7.88. The van der Waals surface area contributed by atoms with Crippen molar-refractivity contribution in [3.8, 4) is 22.5 Å². The van der Waals surface area contributed by atoms with E-state index in [4.69, 9.17) is 15.9 Å². The number of anilines is 4. The standard InChI is InChI=1S/C28H32N6O3S.C27H31N7O3S.2CH4/c1-17-12-20(7-6-19(17)8-9-23(35)24-14-30-26(38-24)28(3,4)5)22-10-11-29-27(33-22)32-21-13-31-34(16-21)15-18(2)25(36)37;1-16-11-18(6-5-17(16)7-8-22(35)23-13-30-25(38-23)27(2,3)4)21-9-10-29-26(33-21)32-19-12-31-34(14-19)15-20(28)24(36)37;;/h6-7,10-14,16,18H,8-9,15H2,1-5H3,(H,36,37)(H,29,32,33);5-6,9-14,20H,7-8,15,28H2,1-4H3,(H,36,37)(H,29,32,33);2*1H4/t18-;20-;;/m00../s1. The molecule has 0 aliphatic heterocycles. The highest BCUT2D eigenvalue weighted by Crippen LogP contribution is 2.31. The van der Waals surface area contributed by atoms with E-state index in [9.17, 15) is 19.2 Å². The third-order valence-electron chi connectivity index (χ3n) is 12.0. The maximum absolute atomic E-state index is 12.7. The quantitative estimate of drug-likeness (QED) is 0.0444. The minimum absolute atomic E-state index is 0. The molecule has 0 aliphatic rings. The Balaban J connectivity index is 0.000000280. The number of ketones is 2. The molecule has 0 amide bonds. The van der Waals surface area contributed by atoms with E-state index in [1.807, 2.05) is 50.2 Å². The van der Waals surface area contributed by atoms with Crippen molar-refractivity contribution in [2.45, 2.75) is 133 Å². The molecule has 0 radical (unpaired) electrons. The molecule has 2 atom stereocenters. The molecular formula is C57H71N13O6S2. The summed E-state index contributed by atoms with van der Waals surface area (Å²) in [6.45, 7) is 18.6. The van der Waals surface area contributed by atoms with Crippen LogP contribution in [0.4, 0.5) is 23.3 Å². The zero-order chi connectivity index (χ0) is 54.9. The first-order valence-electron chi connectivity index (χ1n) is 24.6. The fraction of sp³-hybridized carbons (Fsp3) is 0.368. The average Bonchev–Trinajstić information content (AvgIpc) is 4.24. The van der Waals surface area contributed by atoms with Gasteiger partial charge in [-0.1, -0.05) is 87.6 Å². The molecule has 0 fully saturated rings. The van der Waals surface area contributed by atoms with E-state index in [-0.39, 0.29) is 50.3 Å². The number of aryl methyl sites for hydroxylation is 4. The number of rotatable bonds is 20. The van der Waals surface area contributed by atoms with Gasteiger partial charge in [-0.3, -0.25) is 28.5 Å². The molecule has 0 aliphatic carbocycles. The van der Waals surface area contributed by atoms with E-state index in [0.29, 0.717) is 58.7 Å². The molecule has 2 aromatic carbocycles. The average molecular weight is 1100 g/mol. The Bertz CT molecular complexity index is 3130. The van der Waals surface area contributed by atoms with Crippen LogP contribution in [0.15, 0.2) is 98.1 Å². The van der Waals surface area contributed by atoms with E-state index < -0.39 is 23.9 Å². The topological polar surface area (TPSA) is 272 Å². The molecule has 0 saturated carbocycles. The van der Waals surface area contributed by atoms with Crippen molar-refractivity contribution in [1.29, 1.82) is 0 Å². The lowest BCUT2D eigenvalue weighted by Gasteiger charge is -2.13. The van der Waals surface area contributed by atoms with E-state index in [1.54, 1.807) is 61.2 Å². The van der Waals surface area contributed by atoms with Gasteiger partial charge in [0.15, 0.2) is 11.6 Å². The van der Waals surface area contributed by atoms with Gasteiger partial charge in [0.2, 0.25) is 11.9 Å². The Labute approximate surface area is 463 Å². The number of nitrogens with zero attached hydrogens (tertiary/aromatic N) is 10. The predicted molar refractivity (Wildman–Crippen MR) is 308 cm³/mol. The number of Topliss-reactive ketones (excluding diaryl/α,β-unsaturated/α-hetero) is 2. The van der Waals surface area contributed by atoms with Crippen molar-refractivity contribution >= 4 is 69.5 Å². The minimum Gasteiger partial charge on any atom is -0.481 e. The SMILES string of the molecule is C.C.Cc1cc(-c2ccnc(Nc3cnn(C[C@H](C)C(=O)O)c3)n2)ccc1CCC(=O)c1cnc(C(C)(C)C)s1.Cc1cc(-c2ccnc(Nc3cnn(C[C@H](N)C(=O)O)c3)n2)ccc1CCC(=O)c1cnc(C(C)(C)C)s1. The zero-order valence-corrected chi connectivity index (χ0v) is 45.7. The van der Waals surface area contributed by atoms with Crippen LogP contribution < -0.4 is 16.4 Å². The molecule has 78 heavy (non-hydrogen) atoms. The van der Waals surface area contributed by atoms with Gasteiger partial charge in [-0.2, -0.15) is 10.2 Å². The first-order chi connectivity index (χ1) is 36.0. The summed E-state index contributed by atoms with van der Waals surface area (Å²) in [5, 5.41) is 34.6. The molecule has 412 valence electrons. The van der Waals surface area contributed by atoms with Crippen molar-refractivity contribution in [2.24, 2.45) is 11.7 Å². The Morgan fingerprint density at radius 3 is 1.41 bits per heavy atom. The Kier molecular flexibility index (Phi) is 20.7. The van der Waals surface area contributed by atoms with Crippen molar-refractivity contribution in [1.82, 2.24) is 49.5 Å². The fourth-order valence-corrected chi connectivity index (χ4v) is 9.51. The molecular weight excluding hydrogens is 1030 g/mol. The Morgan fingerprint density at radius 2 is 1.04 bits per heavy atom. The largest absolute Gasteiger partial charge is 0.481 e. The van der Waals surface area contributed by atoms with Gasteiger partial charge >= 0.3 is 11.9 Å². The smallest absolute Gasteiger partial charge is 0.322 e. The second kappa shape index (κ2) is 26.4. The molecule has 0 spiro atoms. The van der Waals surface area contributed by atoms with Crippen LogP contribution in [0.25, 0.3) is 22.5 Å². The van der Waals surface area contributed by atoms with Crippen LogP contribution in [0.2, 0.25) is 0 Å². The van der Waals surface area contributed by atoms with Crippen LogP contribution in [-0.4, -0.2) is 89.2 Å². The van der Waals surface area contributed by atoms with Crippen LogP contribution in [-0.2, 0) is 46.4 Å². The van der Waals surface area contributed by atoms with Crippen LogP contribution in [0.1, 0.15) is 128 Å². The van der Waals surface area contributed by atoms with Crippen LogP contribution in [0.3, 0.4) is 0 Å². The van der Waals surface area contributed by atoms with Crippen LogP contribution >= 0.6 is 22.7 Å². The summed E-state index contributed by atoms with van der Waals surface area (Å²) in [6.07, 6.45) is 15.5. The third-order valence-corrected chi connectivity index (χ3v) is 15.0. The summed E-state index contributed by atoms with van der Waals surface area (Å²) in [7, 11) is 0. The van der Waals surface area contributed by atoms with Gasteiger partial charge in [0.1, 0.15) is 6.04 Å². The summed E-state index contributed by atoms with van der Waals surface area (Å²) < 4.78 is 3.03. The molecule has 0 unspecified atom stereocenters. The lowest BCUT2D eigenvalue weighted by molar-refractivity contribution is -0.141. The number of carbonyl (C=O) groups excluding carboxylic acids is 2.